The second-order valence-corrected chi connectivity index (χ2v) is 8.73. The minimum Gasteiger partial charge on any atom is -0.371 e. The van der Waals surface area contributed by atoms with E-state index in [4.69, 9.17) is 5.10 Å². The third-order valence-electron chi connectivity index (χ3n) is 6.23. The quantitative estimate of drug-likeness (QED) is 0.380. The first-order chi connectivity index (χ1) is 17.6. The van der Waals surface area contributed by atoms with Crippen LogP contribution < -0.4 is 10.2 Å². The largest absolute Gasteiger partial charge is 0.371 e. The van der Waals surface area contributed by atoms with Gasteiger partial charge in [-0.2, -0.15) is 5.10 Å². The summed E-state index contributed by atoms with van der Waals surface area (Å²) in [5, 5.41) is 7.68. The van der Waals surface area contributed by atoms with Gasteiger partial charge in [0.1, 0.15) is 5.69 Å². The number of nitrogens with one attached hydrogen (secondary N) is 1. The highest BCUT2D eigenvalue weighted by Gasteiger charge is 2.23. The maximum absolute atomic E-state index is 13.6. The smallest absolute Gasteiger partial charge is 0.244 e. The van der Waals surface area contributed by atoms with Gasteiger partial charge in [0.05, 0.1) is 5.69 Å². The van der Waals surface area contributed by atoms with Crippen molar-refractivity contribution in [2.75, 3.05) is 24.5 Å². The van der Waals surface area contributed by atoms with Crippen molar-refractivity contribution in [2.24, 2.45) is 5.92 Å². The van der Waals surface area contributed by atoms with E-state index in [9.17, 15) is 13.6 Å². The predicted octanol–water partition coefficient (Wildman–Crippen LogP) is 4.87. The lowest BCUT2D eigenvalue weighted by Crippen LogP contribution is -2.29. The zero-order valence-corrected chi connectivity index (χ0v) is 19.5. The van der Waals surface area contributed by atoms with Crippen LogP contribution in [0.1, 0.15) is 12.0 Å². The van der Waals surface area contributed by atoms with Crippen LogP contribution in [-0.2, 0) is 4.79 Å². The van der Waals surface area contributed by atoms with E-state index in [1.54, 1.807) is 29.2 Å². The Kier molecular flexibility index (Phi) is 6.84. The summed E-state index contributed by atoms with van der Waals surface area (Å²) in [5.41, 5.74) is 3.96. The summed E-state index contributed by atoms with van der Waals surface area (Å²) in [6.45, 7) is 1.90. The van der Waals surface area contributed by atoms with Crippen LogP contribution in [0.5, 0.6) is 0 Å². The SMILES string of the molecule is O=C(/C=C/c1cn(-c2ccccc2)nc1-c1cccnc1)NCC1CCN(c2ccc(F)c(F)c2)C1. The Morgan fingerprint density at radius 2 is 1.92 bits per heavy atom. The number of para-hydroxylation sites is 1. The van der Waals surface area contributed by atoms with Crippen LogP contribution in [0.4, 0.5) is 14.5 Å². The van der Waals surface area contributed by atoms with E-state index in [0.717, 1.165) is 41.5 Å². The van der Waals surface area contributed by atoms with Gasteiger partial charge in [0.15, 0.2) is 11.6 Å². The minimum absolute atomic E-state index is 0.203. The molecule has 2 aromatic heterocycles. The molecule has 1 unspecified atom stereocenters. The van der Waals surface area contributed by atoms with E-state index >= 15 is 0 Å². The van der Waals surface area contributed by atoms with Crippen molar-refractivity contribution in [3.63, 3.8) is 0 Å². The number of amides is 1. The number of carbonyl (C=O) groups excluding carboxylic acids is 1. The molecule has 1 N–H and O–H groups in total. The molecule has 1 saturated heterocycles. The lowest BCUT2D eigenvalue weighted by atomic mass is 10.1. The number of carbonyl (C=O) groups is 1. The zero-order chi connectivity index (χ0) is 24.9. The highest BCUT2D eigenvalue weighted by molar-refractivity contribution is 5.92. The van der Waals surface area contributed by atoms with Gasteiger partial charge < -0.3 is 10.2 Å². The first-order valence-corrected chi connectivity index (χ1v) is 11.8. The Hall–Kier alpha value is -4.33. The number of benzene rings is 2. The highest BCUT2D eigenvalue weighted by atomic mass is 19.2. The van der Waals surface area contributed by atoms with Gasteiger partial charge in [0.2, 0.25) is 5.91 Å². The van der Waals surface area contributed by atoms with Crippen LogP contribution in [0.25, 0.3) is 23.0 Å². The molecule has 1 fully saturated rings. The molecule has 0 bridgehead atoms. The van der Waals surface area contributed by atoms with Crippen molar-refractivity contribution in [1.82, 2.24) is 20.1 Å². The van der Waals surface area contributed by atoms with Gasteiger partial charge in [-0.3, -0.25) is 9.78 Å². The maximum atomic E-state index is 13.6. The van der Waals surface area contributed by atoms with Crippen LogP contribution >= 0.6 is 0 Å². The van der Waals surface area contributed by atoms with Gasteiger partial charge in [-0.1, -0.05) is 18.2 Å². The Bertz CT molecular complexity index is 1370. The molecule has 1 aliphatic rings. The number of pyridine rings is 1. The normalized spacial score (nSPS) is 15.5. The summed E-state index contributed by atoms with van der Waals surface area (Å²) in [6.07, 6.45) is 9.46. The fourth-order valence-electron chi connectivity index (χ4n) is 4.33. The van der Waals surface area contributed by atoms with Crippen LogP contribution in [0.2, 0.25) is 0 Å². The molecule has 1 amide bonds. The Balaban J connectivity index is 1.24. The summed E-state index contributed by atoms with van der Waals surface area (Å²) in [6, 6.07) is 17.5. The molecule has 2 aromatic carbocycles. The summed E-state index contributed by atoms with van der Waals surface area (Å²) < 4.78 is 28.6. The molecule has 0 radical (unpaired) electrons. The lowest BCUT2D eigenvalue weighted by Gasteiger charge is -2.19. The Morgan fingerprint density at radius 1 is 1.06 bits per heavy atom. The van der Waals surface area contributed by atoms with E-state index in [1.807, 2.05) is 53.6 Å². The van der Waals surface area contributed by atoms with Gasteiger partial charge in [-0.05, 0) is 54.8 Å². The fraction of sp³-hybridized carbons (Fsp3) is 0.179. The standard InChI is InChI=1S/C28H25F2N5O/c29-25-10-9-24(15-26(25)30)34-14-12-20(18-34)16-32-27(36)11-8-22-19-35(23-6-2-1-3-7-23)33-28(22)21-5-4-13-31-17-21/h1-11,13,15,17,19-20H,12,14,16,18H2,(H,32,36)/b11-8+. The topological polar surface area (TPSA) is 63.1 Å². The molecule has 0 spiro atoms. The van der Waals surface area contributed by atoms with E-state index in [2.05, 4.69) is 10.3 Å². The van der Waals surface area contributed by atoms with Gasteiger partial charge in [0, 0.05) is 67.2 Å². The van der Waals surface area contributed by atoms with Gasteiger partial charge in [0.25, 0.3) is 0 Å². The first kappa shape index (κ1) is 23.4. The molecular weight excluding hydrogens is 460 g/mol. The molecule has 36 heavy (non-hydrogen) atoms. The number of aromatic nitrogens is 3. The van der Waals surface area contributed by atoms with Gasteiger partial charge in [-0.25, -0.2) is 13.5 Å². The van der Waals surface area contributed by atoms with Crippen molar-refractivity contribution in [2.45, 2.75) is 6.42 Å². The van der Waals surface area contributed by atoms with Crippen molar-refractivity contribution in [3.05, 3.63) is 103 Å². The van der Waals surface area contributed by atoms with Crippen molar-refractivity contribution in [1.29, 1.82) is 0 Å². The Labute approximate surface area is 207 Å². The summed E-state index contributed by atoms with van der Waals surface area (Å²) >= 11 is 0. The average molecular weight is 486 g/mol. The monoisotopic (exact) mass is 485 g/mol. The third kappa shape index (κ3) is 5.33. The second kappa shape index (κ2) is 10.5. The number of halogens is 2. The molecule has 8 heteroatoms. The first-order valence-electron chi connectivity index (χ1n) is 11.8. The highest BCUT2D eigenvalue weighted by Crippen LogP contribution is 2.26. The molecule has 1 aliphatic heterocycles. The summed E-state index contributed by atoms with van der Waals surface area (Å²) in [4.78, 5) is 18.8. The summed E-state index contributed by atoms with van der Waals surface area (Å²) in [7, 11) is 0. The summed E-state index contributed by atoms with van der Waals surface area (Å²) in [5.74, 6) is -1.68. The van der Waals surface area contributed by atoms with E-state index in [0.29, 0.717) is 18.8 Å². The van der Waals surface area contributed by atoms with E-state index < -0.39 is 11.6 Å². The maximum Gasteiger partial charge on any atom is 0.244 e. The van der Waals surface area contributed by atoms with E-state index in [1.165, 1.54) is 12.1 Å². The number of nitrogens with zero attached hydrogens (tertiary/aromatic N) is 4. The molecule has 5 rings (SSSR count). The number of hydrogen-bond acceptors (Lipinski definition) is 4. The van der Waals surface area contributed by atoms with Gasteiger partial charge >= 0.3 is 0 Å². The van der Waals surface area contributed by atoms with Crippen LogP contribution in [0.3, 0.4) is 0 Å². The average Bonchev–Trinajstić information content (AvgIpc) is 3.57. The van der Waals surface area contributed by atoms with Crippen molar-refractivity contribution >= 4 is 17.7 Å². The lowest BCUT2D eigenvalue weighted by molar-refractivity contribution is -0.116. The molecule has 182 valence electrons. The molecular formula is C28H25F2N5O. The number of anilines is 1. The zero-order valence-electron chi connectivity index (χ0n) is 19.5. The van der Waals surface area contributed by atoms with Crippen molar-refractivity contribution < 1.29 is 13.6 Å². The molecule has 1 atom stereocenters. The van der Waals surface area contributed by atoms with E-state index in [-0.39, 0.29) is 11.8 Å². The van der Waals surface area contributed by atoms with Crippen LogP contribution in [0.15, 0.2) is 85.3 Å². The number of hydrogen-bond donors (Lipinski definition) is 1. The van der Waals surface area contributed by atoms with Crippen molar-refractivity contribution in [3.8, 4) is 16.9 Å². The molecule has 0 saturated carbocycles. The molecule has 3 heterocycles. The number of rotatable bonds is 7. The predicted molar refractivity (Wildman–Crippen MR) is 136 cm³/mol. The minimum atomic E-state index is -0.852. The fourth-order valence-corrected chi connectivity index (χ4v) is 4.33. The molecule has 4 aromatic rings. The Morgan fingerprint density at radius 3 is 2.69 bits per heavy atom. The van der Waals surface area contributed by atoms with Crippen LogP contribution in [-0.4, -0.2) is 40.3 Å². The molecule has 6 nitrogen and oxygen atoms in total. The van der Waals surface area contributed by atoms with Gasteiger partial charge in [-0.15, -0.1) is 0 Å². The second-order valence-electron chi connectivity index (χ2n) is 8.73. The van der Waals surface area contributed by atoms with Crippen LogP contribution in [0, 0.1) is 17.6 Å². The third-order valence-corrected chi connectivity index (χ3v) is 6.23. The molecule has 0 aliphatic carbocycles.